The number of halogens is 1. The van der Waals surface area contributed by atoms with Gasteiger partial charge in [-0.15, -0.1) is 22.7 Å². The van der Waals surface area contributed by atoms with Gasteiger partial charge < -0.3 is 25.0 Å². The number of hydrogen-bond donors (Lipinski definition) is 2. The average molecular weight is 485 g/mol. The van der Waals surface area contributed by atoms with Crippen LogP contribution in [0.4, 0.5) is 0 Å². The Morgan fingerprint density at radius 2 is 2.23 bits per heavy atom. The van der Waals surface area contributed by atoms with Crippen LogP contribution in [0.15, 0.2) is 12.1 Å². The highest BCUT2D eigenvalue weighted by atomic mass is 35.5. The van der Waals surface area contributed by atoms with Crippen LogP contribution in [0.1, 0.15) is 36.5 Å². The third-order valence-corrected chi connectivity index (χ3v) is 8.09. The molecule has 11 heteroatoms. The number of rotatable bonds is 6. The van der Waals surface area contributed by atoms with Crippen molar-refractivity contribution in [3.8, 4) is 0 Å². The molecule has 0 saturated carbocycles. The van der Waals surface area contributed by atoms with Gasteiger partial charge in [-0.05, 0) is 25.6 Å². The zero-order chi connectivity index (χ0) is 22.2. The molecule has 0 aliphatic carbocycles. The van der Waals surface area contributed by atoms with Gasteiger partial charge in [0.25, 0.3) is 11.8 Å². The van der Waals surface area contributed by atoms with Crippen molar-refractivity contribution in [2.75, 3.05) is 40.5 Å². The summed E-state index contributed by atoms with van der Waals surface area (Å²) < 4.78 is 5.91. The molecule has 0 spiro atoms. The topological polar surface area (TPSA) is 95.0 Å². The monoisotopic (exact) mass is 484 g/mol. The second-order valence-electron chi connectivity index (χ2n) is 8.09. The normalized spacial score (nSPS) is 23.7. The summed E-state index contributed by atoms with van der Waals surface area (Å²) in [7, 11) is 3.59. The van der Waals surface area contributed by atoms with Crippen LogP contribution in [-0.4, -0.2) is 83.7 Å². The van der Waals surface area contributed by atoms with Crippen molar-refractivity contribution in [1.82, 2.24) is 20.1 Å². The van der Waals surface area contributed by atoms with E-state index < -0.39 is 5.54 Å². The number of hydrogen-bond acceptors (Lipinski definition) is 8. The van der Waals surface area contributed by atoms with E-state index in [9.17, 15) is 14.7 Å². The van der Waals surface area contributed by atoms with E-state index >= 15 is 0 Å². The van der Waals surface area contributed by atoms with Crippen LogP contribution < -0.4 is 5.32 Å². The molecule has 2 N–H and O–H groups in total. The second-order valence-corrected chi connectivity index (χ2v) is 10.9. The molecule has 4 rings (SSSR count). The fourth-order valence-electron chi connectivity index (χ4n) is 4.27. The Hall–Kier alpha value is -1.56. The van der Waals surface area contributed by atoms with E-state index in [-0.39, 0.29) is 37.6 Å². The number of aliphatic hydroxyl groups is 1. The van der Waals surface area contributed by atoms with Crippen LogP contribution in [0.3, 0.4) is 0 Å². The number of methoxy groups -OCH3 is 1. The van der Waals surface area contributed by atoms with E-state index in [1.165, 1.54) is 29.8 Å². The average Bonchev–Trinajstić information content (AvgIpc) is 3.44. The molecule has 2 amide bonds. The molecule has 1 fully saturated rings. The molecule has 0 radical (unpaired) electrons. The van der Waals surface area contributed by atoms with Crippen molar-refractivity contribution in [2.24, 2.45) is 0 Å². The number of aromatic nitrogens is 1. The number of carbonyl (C=O) groups is 2. The summed E-state index contributed by atoms with van der Waals surface area (Å²) in [5.41, 5.74) is 0.0613. The van der Waals surface area contributed by atoms with E-state index in [4.69, 9.17) is 16.3 Å². The molecule has 1 saturated heterocycles. The minimum absolute atomic E-state index is 0.167. The molecule has 0 unspecified atom stereocenters. The first kappa shape index (κ1) is 22.6. The Balaban J connectivity index is 1.55. The molecular formula is C20H25ClN4O4S2. The van der Waals surface area contributed by atoms with Gasteiger partial charge in [-0.3, -0.25) is 9.59 Å². The predicted molar refractivity (Wildman–Crippen MR) is 120 cm³/mol. The van der Waals surface area contributed by atoms with Gasteiger partial charge in [0.1, 0.15) is 0 Å². The summed E-state index contributed by atoms with van der Waals surface area (Å²) in [5, 5.41) is 13.7. The molecule has 0 aromatic carbocycles. The molecule has 31 heavy (non-hydrogen) atoms. The third kappa shape index (κ3) is 4.50. The van der Waals surface area contributed by atoms with Crippen LogP contribution in [0.5, 0.6) is 0 Å². The van der Waals surface area contributed by atoms with E-state index in [2.05, 4.69) is 15.2 Å². The number of carbonyl (C=O) groups excluding carboxylic acids is 2. The molecule has 4 heterocycles. The Bertz CT molecular complexity index is 980. The number of nitrogens with zero attached hydrogens (tertiary/aromatic N) is 3. The maximum absolute atomic E-state index is 13.5. The molecule has 2 aliphatic rings. The fourth-order valence-corrected chi connectivity index (χ4v) is 6.35. The Morgan fingerprint density at radius 3 is 2.90 bits per heavy atom. The predicted octanol–water partition coefficient (Wildman–Crippen LogP) is 1.87. The zero-order valence-corrected chi connectivity index (χ0v) is 19.8. The van der Waals surface area contributed by atoms with Crippen LogP contribution in [-0.2, 0) is 17.7 Å². The minimum Gasteiger partial charge on any atom is -0.394 e. The summed E-state index contributed by atoms with van der Waals surface area (Å²) in [4.78, 5) is 36.1. The Labute approximate surface area is 193 Å². The van der Waals surface area contributed by atoms with Gasteiger partial charge in [0, 0.05) is 44.1 Å². The van der Waals surface area contributed by atoms with Gasteiger partial charge in [0.15, 0.2) is 5.01 Å². The zero-order valence-electron chi connectivity index (χ0n) is 17.4. The third-order valence-electron chi connectivity index (χ3n) is 5.79. The standard InChI is InChI=1S/C20H25ClN4O4S2/c1-24-6-5-13-15(9-24)31-18(23-13)19(28)25-8-12(7-20(25,10-26)11-29-2)22-17(27)14-3-4-16(21)30-14/h3-4,12,26H,5-11H2,1-2H3,(H,22,27)/t12-,20+/m1/s1. The van der Waals surface area contributed by atoms with Gasteiger partial charge >= 0.3 is 0 Å². The summed E-state index contributed by atoms with van der Waals surface area (Å²) in [6.45, 7) is 1.88. The molecule has 2 aromatic rings. The van der Waals surface area contributed by atoms with Gasteiger partial charge in [-0.25, -0.2) is 4.98 Å². The highest BCUT2D eigenvalue weighted by Crippen LogP contribution is 2.34. The molecule has 2 aliphatic heterocycles. The highest BCUT2D eigenvalue weighted by Gasteiger charge is 2.49. The van der Waals surface area contributed by atoms with Crippen LogP contribution in [0, 0.1) is 0 Å². The van der Waals surface area contributed by atoms with Gasteiger partial charge in [-0.2, -0.15) is 0 Å². The first-order valence-corrected chi connectivity index (χ1v) is 12.0. The Morgan fingerprint density at radius 1 is 1.42 bits per heavy atom. The van der Waals surface area contributed by atoms with E-state index in [1.807, 2.05) is 7.05 Å². The molecular weight excluding hydrogens is 460 g/mol. The SMILES string of the molecule is COC[C@@]1(CO)C[C@@H](NC(=O)c2ccc(Cl)s2)CN1C(=O)c1nc2c(s1)CN(C)CC2. The van der Waals surface area contributed by atoms with Crippen molar-refractivity contribution in [3.63, 3.8) is 0 Å². The lowest BCUT2D eigenvalue weighted by Gasteiger charge is -2.35. The maximum atomic E-state index is 13.5. The molecule has 2 atom stereocenters. The van der Waals surface area contributed by atoms with Crippen molar-refractivity contribution < 1.29 is 19.4 Å². The number of likely N-dealkylation sites (tertiary alicyclic amines) is 1. The molecule has 8 nitrogen and oxygen atoms in total. The number of amides is 2. The van der Waals surface area contributed by atoms with Crippen molar-refractivity contribution in [3.05, 3.63) is 36.9 Å². The summed E-state index contributed by atoms with van der Waals surface area (Å²) in [6, 6.07) is 3.03. The molecule has 0 bridgehead atoms. The number of ether oxygens (including phenoxy) is 1. The van der Waals surface area contributed by atoms with Gasteiger partial charge in [0.05, 0.1) is 33.7 Å². The lowest BCUT2D eigenvalue weighted by Crippen LogP contribution is -2.53. The molecule has 168 valence electrons. The highest BCUT2D eigenvalue weighted by molar-refractivity contribution is 7.18. The summed E-state index contributed by atoms with van der Waals surface area (Å²) in [6.07, 6.45) is 1.21. The van der Waals surface area contributed by atoms with Gasteiger partial charge in [-0.1, -0.05) is 11.6 Å². The summed E-state index contributed by atoms with van der Waals surface area (Å²) >= 11 is 8.55. The maximum Gasteiger partial charge on any atom is 0.283 e. The first-order chi connectivity index (χ1) is 14.8. The number of thiophene rings is 1. The number of fused-ring (bicyclic) bond motifs is 1. The van der Waals surface area contributed by atoms with E-state index in [1.54, 1.807) is 17.0 Å². The number of likely N-dealkylation sites (N-methyl/N-ethyl adjacent to an activating group) is 1. The van der Waals surface area contributed by atoms with E-state index in [0.29, 0.717) is 20.6 Å². The lowest BCUT2D eigenvalue weighted by atomic mass is 9.96. The summed E-state index contributed by atoms with van der Waals surface area (Å²) in [5.74, 6) is -0.475. The van der Waals surface area contributed by atoms with Crippen molar-refractivity contribution in [1.29, 1.82) is 0 Å². The fraction of sp³-hybridized carbons (Fsp3) is 0.550. The Kier molecular flexibility index (Phi) is 6.66. The molecule has 2 aromatic heterocycles. The van der Waals surface area contributed by atoms with Crippen LogP contribution >= 0.6 is 34.3 Å². The second kappa shape index (κ2) is 9.13. The van der Waals surface area contributed by atoms with E-state index in [0.717, 1.165) is 30.1 Å². The van der Waals surface area contributed by atoms with Crippen molar-refractivity contribution >= 4 is 46.1 Å². The largest absolute Gasteiger partial charge is 0.394 e. The number of nitrogens with one attached hydrogen (secondary N) is 1. The quantitative estimate of drug-likeness (QED) is 0.650. The smallest absolute Gasteiger partial charge is 0.283 e. The first-order valence-electron chi connectivity index (χ1n) is 10.0. The number of thiazole rings is 1. The number of aliphatic hydroxyl groups excluding tert-OH is 1. The minimum atomic E-state index is -0.917. The lowest BCUT2D eigenvalue weighted by molar-refractivity contribution is 0.00193. The van der Waals surface area contributed by atoms with Gasteiger partial charge in [0.2, 0.25) is 0 Å². The van der Waals surface area contributed by atoms with Crippen molar-refractivity contribution in [2.45, 2.75) is 31.0 Å². The van der Waals surface area contributed by atoms with Crippen LogP contribution in [0.2, 0.25) is 4.34 Å². The van der Waals surface area contributed by atoms with Crippen LogP contribution in [0.25, 0.3) is 0 Å².